The summed E-state index contributed by atoms with van der Waals surface area (Å²) in [5.41, 5.74) is 0. The van der Waals surface area contributed by atoms with Crippen molar-refractivity contribution in [3.05, 3.63) is 48.6 Å². The van der Waals surface area contributed by atoms with Gasteiger partial charge in [0, 0.05) is 6.42 Å². The van der Waals surface area contributed by atoms with Crippen LogP contribution in [0, 0.1) is 0 Å². The van der Waals surface area contributed by atoms with E-state index in [0.717, 1.165) is 64.2 Å². The van der Waals surface area contributed by atoms with Crippen LogP contribution in [-0.2, 0) is 18.4 Å². The molecule has 1 amide bonds. The summed E-state index contributed by atoms with van der Waals surface area (Å²) in [4.78, 5) is 23.4. The van der Waals surface area contributed by atoms with Crippen LogP contribution in [-0.4, -0.2) is 73.4 Å². The van der Waals surface area contributed by atoms with Gasteiger partial charge in [-0.15, -0.1) is 0 Å². The van der Waals surface area contributed by atoms with E-state index >= 15 is 0 Å². The first-order valence-corrected chi connectivity index (χ1v) is 31.5. The van der Waals surface area contributed by atoms with E-state index < -0.39 is 20.0 Å². The third-order valence-corrected chi connectivity index (χ3v) is 14.6. The van der Waals surface area contributed by atoms with Crippen LogP contribution >= 0.6 is 7.82 Å². The van der Waals surface area contributed by atoms with E-state index in [0.29, 0.717) is 23.9 Å². The second-order valence-electron chi connectivity index (χ2n) is 21.7. The Labute approximate surface area is 435 Å². The zero-order chi connectivity index (χ0) is 51.3. The van der Waals surface area contributed by atoms with Gasteiger partial charge in [0.1, 0.15) is 13.2 Å². The van der Waals surface area contributed by atoms with Crippen molar-refractivity contribution >= 4 is 13.7 Å². The highest BCUT2D eigenvalue weighted by molar-refractivity contribution is 7.47. The molecule has 9 heteroatoms. The SMILES string of the molecule is CC/C=C\C/C=C\C/C=C\C/C=C\CCCCCCCCCCCCCCCCCCCCC(=O)NC(COP(=O)(O)OCC[N+](C)(C)C)C(O)CCCCCCCCCCCCCCCCCCC. The third kappa shape index (κ3) is 54.2. The first-order valence-electron chi connectivity index (χ1n) is 30.0. The lowest BCUT2D eigenvalue weighted by Crippen LogP contribution is -2.46. The van der Waals surface area contributed by atoms with Gasteiger partial charge in [0.05, 0.1) is 39.9 Å². The molecule has 0 aliphatic rings. The van der Waals surface area contributed by atoms with Crippen LogP contribution in [0.3, 0.4) is 0 Å². The van der Waals surface area contributed by atoms with Crippen molar-refractivity contribution in [3.63, 3.8) is 0 Å². The third-order valence-electron chi connectivity index (χ3n) is 13.6. The molecule has 0 fully saturated rings. The normalized spacial score (nSPS) is 14.2. The molecule has 0 aromatic rings. The van der Waals surface area contributed by atoms with Crippen LogP contribution in [0.5, 0.6) is 0 Å². The molecule has 0 aliphatic heterocycles. The number of phosphoric ester groups is 1. The van der Waals surface area contributed by atoms with Crippen molar-refractivity contribution in [2.75, 3.05) is 40.9 Å². The number of rotatable bonds is 55. The van der Waals surface area contributed by atoms with Gasteiger partial charge >= 0.3 is 7.82 Å². The average Bonchev–Trinajstić information content (AvgIpc) is 3.32. The summed E-state index contributed by atoms with van der Waals surface area (Å²) in [6.07, 6.45) is 68.9. The van der Waals surface area contributed by atoms with Crippen molar-refractivity contribution < 1.29 is 32.9 Å². The zero-order valence-electron chi connectivity index (χ0n) is 47.0. The molecule has 0 heterocycles. The predicted octanol–water partition coefficient (Wildman–Crippen LogP) is 18.3. The van der Waals surface area contributed by atoms with Crippen molar-refractivity contribution in [1.82, 2.24) is 5.32 Å². The molecule has 0 rings (SSSR count). The summed E-state index contributed by atoms with van der Waals surface area (Å²) in [7, 11) is 1.62. The fraction of sp³-hybridized carbons (Fsp3) is 0.852. The lowest BCUT2D eigenvalue weighted by atomic mass is 10.0. The molecule has 0 bridgehead atoms. The second-order valence-corrected chi connectivity index (χ2v) is 23.2. The monoisotopic (exact) mass is 1010 g/mol. The van der Waals surface area contributed by atoms with Crippen molar-refractivity contribution in [2.45, 2.75) is 296 Å². The number of phosphoric acid groups is 1. The molecule has 0 saturated carbocycles. The largest absolute Gasteiger partial charge is 0.472 e. The topological polar surface area (TPSA) is 105 Å². The fourth-order valence-electron chi connectivity index (χ4n) is 8.92. The van der Waals surface area contributed by atoms with Crippen LogP contribution in [0.2, 0.25) is 0 Å². The Morgan fingerprint density at radius 1 is 0.500 bits per heavy atom. The number of carbonyl (C=O) groups is 1. The van der Waals surface area contributed by atoms with Gasteiger partial charge in [-0.2, -0.15) is 0 Å². The van der Waals surface area contributed by atoms with Crippen LogP contribution in [0.15, 0.2) is 48.6 Å². The lowest BCUT2D eigenvalue weighted by Gasteiger charge is -2.26. The van der Waals surface area contributed by atoms with Crippen molar-refractivity contribution in [3.8, 4) is 0 Å². The molecule has 412 valence electrons. The number of aliphatic hydroxyl groups is 1. The summed E-state index contributed by atoms with van der Waals surface area (Å²) in [5.74, 6) is -0.141. The molecule has 0 aromatic heterocycles. The van der Waals surface area contributed by atoms with Crippen LogP contribution in [0.25, 0.3) is 0 Å². The highest BCUT2D eigenvalue weighted by Crippen LogP contribution is 2.43. The maximum atomic E-state index is 13.0. The number of nitrogens with one attached hydrogen (secondary N) is 1. The summed E-state index contributed by atoms with van der Waals surface area (Å²) >= 11 is 0. The van der Waals surface area contributed by atoms with E-state index in [1.165, 1.54) is 193 Å². The number of likely N-dealkylation sites (N-methyl/N-ethyl adjacent to an activating group) is 1. The molecule has 0 saturated heterocycles. The summed E-state index contributed by atoms with van der Waals surface area (Å²) < 4.78 is 23.8. The maximum absolute atomic E-state index is 13.0. The Hall–Kier alpha value is -1.54. The highest BCUT2D eigenvalue weighted by Gasteiger charge is 2.28. The van der Waals surface area contributed by atoms with E-state index in [-0.39, 0.29) is 19.1 Å². The molecular formula is C61H118N2O6P+. The molecule has 0 spiro atoms. The average molecular weight is 1010 g/mol. The first-order chi connectivity index (χ1) is 34.0. The zero-order valence-corrected chi connectivity index (χ0v) is 47.9. The molecule has 70 heavy (non-hydrogen) atoms. The van der Waals surface area contributed by atoms with Gasteiger partial charge in [0.2, 0.25) is 5.91 Å². The molecule has 8 nitrogen and oxygen atoms in total. The first kappa shape index (κ1) is 68.5. The second kappa shape index (κ2) is 52.3. The Bertz CT molecular complexity index is 1280. The number of aliphatic hydroxyl groups excluding tert-OH is 1. The van der Waals surface area contributed by atoms with Crippen LogP contribution < -0.4 is 5.32 Å². The van der Waals surface area contributed by atoms with Gasteiger partial charge in [-0.05, 0) is 51.4 Å². The number of carbonyl (C=O) groups excluding carboxylic acids is 1. The van der Waals surface area contributed by atoms with E-state index in [9.17, 15) is 19.4 Å². The van der Waals surface area contributed by atoms with Crippen molar-refractivity contribution in [1.29, 1.82) is 0 Å². The molecule has 0 aromatic carbocycles. The molecule has 0 aliphatic carbocycles. The van der Waals surface area contributed by atoms with Gasteiger partial charge in [0.15, 0.2) is 0 Å². The highest BCUT2D eigenvalue weighted by atomic mass is 31.2. The number of amides is 1. The van der Waals surface area contributed by atoms with Gasteiger partial charge in [-0.3, -0.25) is 13.8 Å². The summed E-state index contributed by atoms with van der Waals surface area (Å²) in [6.45, 7) is 4.81. The number of hydrogen-bond acceptors (Lipinski definition) is 5. The Morgan fingerprint density at radius 3 is 1.26 bits per heavy atom. The standard InChI is InChI=1S/C61H117N2O6P/c1-6-8-10-12-14-16-18-20-22-24-25-26-27-28-29-30-31-32-33-34-35-36-37-39-41-43-45-47-49-51-53-55-61(65)62-59(58-69-70(66,67)68-57-56-63(3,4)5)60(64)54-52-50-48-46-44-42-40-38-23-21-19-17-15-13-11-9-7-2/h8,10,14,16,20,22,25-26,59-60,64H,6-7,9,11-13,15,17-19,21,23-24,27-58H2,1-5H3,(H-,62,65,66,67)/p+1/b10-8-,16-14-,22-20-,26-25-. The van der Waals surface area contributed by atoms with Crippen LogP contribution in [0.4, 0.5) is 0 Å². The van der Waals surface area contributed by atoms with Gasteiger partial charge < -0.3 is 19.8 Å². The fourth-order valence-corrected chi connectivity index (χ4v) is 9.66. The smallest absolute Gasteiger partial charge is 0.391 e. The molecule has 0 radical (unpaired) electrons. The summed E-state index contributed by atoms with van der Waals surface area (Å²) in [5, 5.41) is 14.1. The van der Waals surface area contributed by atoms with Gasteiger partial charge in [-0.1, -0.05) is 274 Å². The molecular weight excluding hydrogens is 888 g/mol. The minimum absolute atomic E-state index is 0.0756. The van der Waals surface area contributed by atoms with Crippen molar-refractivity contribution in [2.24, 2.45) is 0 Å². The van der Waals surface area contributed by atoms with E-state index in [4.69, 9.17) is 9.05 Å². The number of allylic oxidation sites excluding steroid dienone is 8. The maximum Gasteiger partial charge on any atom is 0.472 e. The predicted molar refractivity (Wildman–Crippen MR) is 304 cm³/mol. The van der Waals surface area contributed by atoms with Gasteiger partial charge in [-0.25, -0.2) is 4.57 Å². The molecule has 3 unspecified atom stereocenters. The number of nitrogens with zero attached hydrogens (tertiary/aromatic N) is 1. The van der Waals surface area contributed by atoms with Crippen LogP contribution in [0.1, 0.15) is 284 Å². The quantitative estimate of drug-likeness (QED) is 0.0243. The Kier molecular flexibility index (Phi) is 51.2. The molecule has 3 atom stereocenters. The number of unbranched alkanes of at least 4 members (excludes halogenated alkanes) is 34. The minimum atomic E-state index is -4.32. The van der Waals surface area contributed by atoms with E-state index in [1.54, 1.807) is 0 Å². The Morgan fingerprint density at radius 2 is 0.857 bits per heavy atom. The summed E-state index contributed by atoms with van der Waals surface area (Å²) in [6, 6.07) is -0.760. The number of quaternary nitrogens is 1. The minimum Gasteiger partial charge on any atom is -0.391 e. The lowest BCUT2D eigenvalue weighted by molar-refractivity contribution is -0.870. The Balaban J connectivity index is 4.05. The number of hydrogen-bond donors (Lipinski definition) is 3. The van der Waals surface area contributed by atoms with E-state index in [1.807, 2.05) is 21.1 Å². The molecule has 3 N–H and O–H groups in total. The van der Waals surface area contributed by atoms with E-state index in [2.05, 4.69) is 67.8 Å². The van der Waals surface area contributed by atoms with Gasteiger partial charge in [0.25, 0.3) is 0 Å².